The van der Waals surface area contributed by atoms with Crippen molar-refractivity contribution in [3.63, 3.8) is 0 Å². The minimum absolute atomic E-state index is 0.0556. The molecule has 1 aliphatic rings. The topological polar surface area (TPSA) is 41.5 Å². The number of rotatable bonds is 1. The van der Waals surface area contributed by atoms with Crippen molar-refractivity contribution in [2.24, 2.45) is 4.99 Å². The van der Waals surface area contributed by atoms with Crippen LogP contribution in [-0.2, 0) is 4.79 Å². The maximum Gasteiger partial charge on any atom is 0.222 e. The molecule has 3 nitrogen and oxygen atoms in total. The van der Waals surface area contributed by atoms with Crippen LogP contribution in [0, 0.1) is 0 Å². The second-order valence-electron chi connectivity index (χ2n) is 3.68. The molecule has 1 atom stereocenters. The fourth-order valence-electron chi connectivity index (χ4n) is 1.65. The smallest absolute Gasteiger partial charge is 0.222 e. The molecule has 4 heteroatoms. The van der Waals surface area contributed by atoms with Crippen LogP contribution in [-0.4, -0.2) is 16.8 Å². The number of hydrogen-bond acceptors (Lipinski definition) is 3. The molecule has 1 N–H and O–H groups in total. The van der Waals surface area contributed by atoms with E-state index in [4.69, 9.17) is 0 Å². The molecule has 0 saturated carbocycles. The van der Waals surface area contributed by atoms with Crippen LogP contribution in [0.25, 0.3) is 0 Å². The first-order valence-electron chi connectivity index (χ1n) is 5.29. The normalized spacial score (nSPS) is 20.1. The van der Waals surface area contributed by atoms with Gasteiger partial charge in [0, 0.05) is 12.7 Å². The Labute approximate surface area is 99.3 Å². The third kappa shape index (κ3) is 2.85. The Morgan fingerprint density at radius 3 is 2.88 bits per heavy atom. The van der Waals surface area contributed by atoms with Gasteiger partial charge in [-0.2, -0.15) is 0 Å². The van der Waals surface area contributed by atoms with Crippen molar-refractivity contribution >= 4 is 22.8 Å². The van der Waals surface area contributed by atoms with E-state index in [2.05, 4.69) is 22.4 Å². The number of nitrogens with zero attached hydrogens (tertiary/aromatic N) is 1. The highest BCUT2D eigenvalue weighted by molar-refractivity contribution is 8.13. The molecular weight excluding hydrogens is 220 g/mol. The van der Waals surface area contributed by atoms with E-state index in [-0.39, 0.29) is 11.9 Å². The maximum atomic E-state index is 10.9. The van der Waals surface area contributed by atoms with Gasteiger partial charge in [0.25, 0.3) is 0 Å². The molecule has 1 aromatic carbocycles. The first-order chi connectivity index (χ1) is 7.75. The number of thioether (sulfide) groups is 1. The molecule has 0 aromatic heterocycles. The van der Waals surface area contributed by atoms with Gasteiger partial charge in [0.1, 0.15) is 0 Å². The molecule has 0 saturated heterocycles. The molecule has 0 aliphatic carbocycles. The lowest BCUT2D eigenvalue weighted by molar-refractivity contribution is -0.117. The van der Waals surface area contributed by atoms with Crippen molar-refractivity contribution < 1.29 is 4.79 Å². The van der Waals surface area contributed by atoms with Gasteiger partial charge in [0.2, 0.25) is 5.91 Å². The van der Waals surface area contributed by atoms with Gasteiger partial charge in [0.15, 0.2) is 5.17 Å². The van der Waals surface area contributed by atoms with Gasteiger partial charge in [-0.05, 0) is 12.0 Å². The SMILES string of the molecule is CC(=O)NC1=NC(c2ccccc2)CCS1. The number of amidine groups is 1. The number of carbonyl (C=O) groups excluding carboxylic acids is 1. The largest absolute Gasteiger partial charge is 0.306 e. The van der Waals surface area contributed by atoms with E-state index in [0.717, 1.165) is 17.3 Å². The zero-order valence-corrected chi connectivity index (χ0v) is 9.96. The lowest BCUT2D eigenvalue weighted by Crippen LogP contribution is -2.28. The van der Waals surface area contributed by atoms with E-state index in [1.54, 1.807) is 11.8 Å². The van der Waals surface area contributed by atoms with Crippen molar-refractivity contribution in [2.75, 3.05) is 5.75 Å². The van der Waals surface area contributed by atoms with Crippen molar-refractivity contribution in [1.29, 1.82) is 0 Å². The van der Waals surface area contributed by atoms with Gasteiger partial charge in [-0.1, -0.05) is 42.1 Å². The van der Waals surface area contributed by atoms with Crippen molar-refractivity contribution in [2.45, 2.75) is 19.4 Å². The summed E-state index contributed by atoms with van der Waals surface area (Å²) < 4.78 is 0. The summed E-state index contributed by atoms with van der Waals surface area (Å²) in [5, 5.41) is 3.50. The lowest BCUT2D eigenvalue weighted by Gasteiger charge is -2.20. The molecule has 0 radical (unpaired) electrons. The standard InChI is InChI=1S/C12H14N2OS/c1-9(15)13-12-14-11(7-8-16-12)10-5-3-2-4-6-10/h2-6,11H,7-8H2,1H3,(H,13,14,15). The van der Waals surface area contributed by atoms with Crippen molar-refractivity contribution in [3.8, 4) is 0 Å². The number of benzene rings is 1. The summed E-state index contributed by atoms with van der Waals surface area (Å²) in [6, 6.07) is 10.4. The third-order valence-corrected chi connectivity index (χ3v) is 3.29. The van der Waals surface area contributed by atoms with Gasteiger partial charge in [-0.3, -0.25) is 9.79 Å². The fraction of sp³-hybridized carbons (Fsp3) is 0.333. The van der Waals surface area contributed by atoms with E-state index in [1.807, 2.05) is 18.2 Å². The van der Waals surface area contributed by atoms with Crippen LogP contribution in [0.2, 0.25) is 0 Å². The molecule has 0 fully saturated rings. The van der Waals surface area contributed by atoms with Crippen molar-refractivity contribution in [1.82, 2.24) is 5.32 Å². The quantitative estimate of drug-likeness (QED) is 0.810. The first-order valence-corrected chi connectivity index (χ1v) is 6.27. The number of carbonyl (C=O) groups is 1. The molecule has 84 valence electrons. The van der Waals surface area contributed by atoms with E-state index in [0.29, 0.717) is 0 Å². The van der Waals surface area contributed by atoms with E-state index in [1.165, 1.54) is 12.5 Å². The molecule has 1 unspecified atom stereocenters. The summed E-state index contributed by atoms with van der Waals surface area (Å²) >= 11 is 1.61. The minimum atomic E-state index is -0.0556. The first kappa shape index (κ1) is 11.2. The number of hydrogen-bond donors (Lipinski definition) is 1. The highest BCUT2D eigenvalue weighted by atomic mass is 32.2. The van der Waals surface area contributed by atoms with Crippen LogP contribution in [0.3, 0.4) is 0 Å². The summed E-state index contributed by atoms with van der Waals surface area (Å²) in [7, 11) is 0. The zero-order chi connectivity index (χ0) is 11.4. The van der Waals surface area contributed by atoms with Gasteiger partial charge in [0.05, 0.1) is 6.04 Å². The number of amides is 1. The summed E-state index contributed by atoms with van der Waals surface area (Å²) in [6.07, 6.45) is 1.03. The molecule has 2 rings (SSSR count). The second-order valence-corrected chi connectivity index (χ2v) is 4.76. The van der Waals surface area contributed by atoms with E-state index >= 15 is 0 Å². The van der Waals surface area contributed by atoms with Crippen molar-refractivity contribution in [3.05, 3.63) is 35.9 Å². The number of aliphatic imine (C=N–C) groups is 1. The Kier molecular flexibility index (Phi) is 3.62. The Bertz CT molecular complexity index is 403. The Morgan fingerprint density at radius 2 is 2.19 bits per heavy atom. The molecular formula is C12H14N2OS. The summed E-state index contributed by atoms with van der Waals surface area (Å²) in [5.74, 6) is 0.943. The zero-order valence-electron chi connectivity index (χ0n) is 9.14. The summed E-state index contributed by atoms with van der Waals surface area (Å²) in [6.45, 7) is 1.51. The van der Waals surface area contributed by atoms with Crippen LogP contribution in [0.15, 0.2) is 35.3 Å². The van der Waals surface area contributed by atoms with Crippen LogP contribution in [0.5, 0.6) is 0 Å². The molecule has 1 aromatic rings. The Morgan fingerprint density at radius 1 is 1.44 bits per heavy atom. The highest BCUT2D eigenvalue weighted by Crippen LogP contribution is 2.28. The predicted octanol–water partition coefficient (Wildman–Crippen LogP) is 2.36. The minimum Gasteiger partial charge on any atom is -0.306 e. The summed E-state index contributed by atoms with van der Waals surface area (Å²) in [4.78, 5) is 15.5. The molecule has 0 spiro atoms. The van der Waals surface area contributed by atoms with Crippen LogP contribution >= 0.6 is 11.8 Å². The Hall–Kier alpha value is -1.29. The molecule has 1 aliphatic heterocycles. The average Bonchev–Trinajstić information content (AvgIpc) is 2.30. The fourth-order valence-corrected chi connectivity index (χ4v) is 2.60. The third-order valence-electron chi connectivity index (χ3n) is 2.37. The van der Waals surface area contributed by atoms with Crippen LogP contribution in [0.4, 0.5) is 0 Å². The van der Waals surface area contributed by atoms with Crippen LogP contribution < -0.4 is 5.32 Å². The monoisotopic (exact) mass is 234 g/mol. The average molecular weight is 234 g/mol. The second kappa shape index (κ2) is 5.16. The van der Waals surface area contributed by atoms with Crippen LogP contribution in [0.1, 0.15) is 24.9 Å². The van der Waals surface area contributed by atoms with Gasteiger partial charge >= 0.3 is 0 Å². The van der Waals surface area contributed by atoms with E-state index in [9.17, 15) is 4.79 Å². The number of nitrogens with one attached hydrogen (secondary N) is 1. The van der Waals surface area contributed by atoms with Gasteiger partial charge in [-0.15, -0.1) is 0 Å². The maximum absolute atomic E-state index is 10.9. The van der Waals surface area contributed by atoms with Gasteiger partial charge in [-0.25, -0.2) is 0 Å². The molecule has 1 heterocycles. The lowest BCUT2D eigenvalue weighted by atomic mass is 10.1. The molecule has 1 amide bonds. The predicted molar refractivity (Wildman–Crippen MR) is 67.5 cm³/mol. The van der Waals surface area contributed by atoms with E-state index < -0.39 is 0 Å². The molecule has 16 heavy (non-hydrogen) atoms. The molecule has 0 bridgehead atoms. The Balaban J connectivity index is 2.14. The van der Waals surface area contributed by atoms with Gasteiger partial charge < -0.3 is 5.32 Å². The highest BCUT2D eigenvalue weighted by Gasteiger charge is 2.17. The summed E-state index contributed by atoms with van der Waals surface area (Å²) in [5.41, 5.74) is 1.21.